The van der Waals surface area contributed by atoms with E-state index in [1.54, 1.807) is 11.1 Å². The van der Waals surface area contributed by atoms with Crippen molar-refractivity contribution in [2.45, 2.75) is 82.8 Å². The molecule has 0 amide bonds. The third-order valence-corrected chi connectivity index (χ3v) is 6.34. The predicted molar refractivity (Wildman–Crippen MR) is 104 cm³/mol. The van der Waals surface area contributed by atoms with E-state index in [1.807, 2.05) is 0 Å². The van der Waals surface area contributed by atoms with Crippen LogP contribution in [0.3, 0.4) is 0 Å². The molecule has 1 atom stereocenters. The molecule has 0 N–H and O–H groups in total. The van der Waals surface area contributed by atoms with Gasteiger partial charge in [-0.05, 0) is 97.0 Å². The van der Waals surface area contributed by atoms with Crippen molar-refractivity contribution in [1.82, 2.24) is 9.80 Å². The highest BCUT2D eigenvalue weighted by Crippen LogP contribution is 2.43. The molecule has 0 aromatic heterocycles. The van der Waals surface area contributed by atoms with Crippen LogP contribution < -0.4 is 0 Å². The molecule has 0 radical (unpaired) electrons. The Morgan fingerprint density at radius 1 is 0.917 bits per heavy atom. The highest BCUT2D eigenvalue weighted by atomic mass is 15.2. The van der Waals surface area contributed by atoms with Gasteiger partial charge in [-0.15, -0.1) is 0 Å². The van der Waals surface area contributed by atoms with Crippen molar-refractivity contribution in [2.75, 3.05) is 20.6 Å². The molecule has 1 saturated carbocycles. The molecule has 1 unspecified atom stereocenters. The smallest absolute Gasteiger partial charge is 0.0356 e. The molecule has 2 fully saturated rings. The van der Waals surface area contributed by atoms with Gasteiger partial charge < -0.3 is 4.90 Å². The summed E-state index contributed by atoms with van der Waals surface area (Å²) in [5, 5.41) is 0. The molecule has 1 aromatic carbocycles. The van der Waals surface area contributed by atoms with Crippen LogP contribution in [-0.4, -0.2) is 42.0 Å². The molecular formula is C22H36N2. The monoisotopic (exact) mass is 328 g/mol. The standard InChI is InChI=1S/C22H36N2/c1-22(2,3)24-16-8-11-21(24)20-10-7-6-9-19(20)17-12-14-18(15-13-17)23(4)5/h6-7,9-10,17-18,21H,8,11-16H2,1-5H3. The van der Waals surface area contributed by atoms with Gasteiger partial charge in [0.15, 0.2) is 0 Å². The summed E-state index contributed by atoms with van der Waals surface area (Å²) in [6.45, 7) is 8.36. The summed E-state index contributed by atoms with van der Waals surface area (Å²) >= 11 is 0. The zero-order valence-electron chi connectivity index (χ0n) is 16.4. The lowest BCUT2D eigenvalue weighted by Gasteiger charge is -2.39. The lowest BCUT2D eigenvalue weighted by Crippen LogP contribution is -2.41. The number of likely N-dealkylation sites (tertiary alicyclic amines) is 1. The SMILES string of the molecule is CN(C)C1CCC(c2ccccc2C2CCCN2C(C)(C)C)CC1. The third-order valence-electron chi connectivity index (χ3n) is 6.34. The van der Waals surface area contributed by atoms with Gasteiger partial charge in [0.2, 0.25) is 0 Å². The molecule has 0 bridgehead atoms. The van der Waals surface area contributed by atoms with Crippen molar-refractivity contribution in [3.05, 3.63) is 35.4 Å². The average molecular weight is 329 g/mol. The molecule has 24 heavy (non-hydrogen) atoms. The lowest BCUT2D eigenvalue weighted by atomic mass is 9.78. The fraction of sp³-hybridized carbons (Fsp3) is 0.727. The summed E-state index contributed by atoms with van der Waals surface area (Å²) in [6, 6.07) is 10.8. The van der Waals surface area contributed by atoms with Crippen molar-refractivity contribution in [1.29, 1.82) is 0 Å². The Balaban J connectivity index is 1.82. The largest absolute Gasteiger partial charge is 0.306 e. The minimum atomic E-state index is 0.261. The average Bonchev–Trinajstić information content (AvgIpc) is 3.05. The van der Waals surface area contributed by atoms with E-state index >= 15 is 0 Å². The molecule has 2 heteroatoms. The van der Waals surface area contributed by atoms with Crippen LogP contribution in [0.1, 0.15) is 82.4 Å². The molecule has 2 nitrogen and oxygen atoms in total. The van der Waals surface area contributed by atoms with E-state index in [-0.39, 0.29) is 5.54 Å². The van der Waals surface area contributed by atoms with Crippen molar-refractivity contribution < 1.29 is 0 Å². The second-order valence-corrected chi connectivity index (χ2v) is 9.12. The molecule has 1 heterocycles. The molecular weight excluding hydrogens is 292 g/mol. The van der Waals surface area contributed by atoms with Crippen molar-refractivity contribution in [3.8, 4) is 0 Å². The Morgan fingerprint density at radius 3 is 2.12 bits per heavy atom. The van der Waals surface area contributed by atoms with Gasteiger partial charge in [0.25, 0.3) is 0 Å². The molecule has 2 aliphatic rings. The van der Waals surface area contributed by atoms with Crippen LogP contribution in [0.15, 0.2) is 24.3 Å². The number of rotatable bonds is 3. The van der Waals surface area contributed by atoms with Crippen LogP contribution in [0, 0.1) is 0 Å². The van der Waals surface area contributed by atoms with Crippen LogP contribution in [0.5, 0.6) is 0 Å². The zero-order chi connectivity index (χ0) is 17.3. The Bertz CT molecular complexity index is 535. The van der Waals surface area contributed by atoms with E-state index in [0.717, 1.165) is 12.0 Å². The van der Waals surface area contributed by atoms with Gasteiger partial charge >= 0.3 is 0 Å². The van der Waals surface area contributed by atoms with Gasteiger partial charge in [0.05, 0.1) is 0 Å². The van der Waals surface area contributed by atoms with Gasteiger partial charge in [0.1, 0.15) is 0 Å². The molecule has 134 valence electrons. The van der Waals surface area contributed by atoms with Crippen LogP contribution in [0.2, 0.25) is 0 Å². The number of nitrogens with zero attached hydrogens (tertiary/aromatic N) is 2. The normalized spacial score (nSPS) is 29.3. The molecule has 0 spiro atoms. The van der Waals surface area contributed by atoms with Crippen molar-refractivity contribution in [3.63, 3.8) is 0 Å². The maximum Gasteiger partial charge on any atom is 0.0356 e. The molecule has 1 saturated heterocycles. The van der Waals surface area contributed by atoms with Gasteiger partial charge in [-0.2, -0.15) is 0 Å². The number of benzene rings is 1. The van der Waals surface area contributed by atoms with E-state index in [1.165, 1.54) is 45.1 Å². The Kier molecular flexibility index (Phi) is 5.36. The minimum absolute atomic E-state index is 0.261. The van der Waals surface area contributed by atoms with E-state index < -0.39 is 0 Å². The number of hydrogen-bond acceptors (Lipinski definition) is 2. The number of hydrogen-bond donors (Lipinski definition) is 0. The van der Waals surface area contributed by atoms with E-state index in [4.69, 9.17) is 0 Å². The maximum atomic E-state index is 2.73. The second kappa shape index (κ2) is 7.17. The van der Waals surface area contributed by atoms with Crippen LogP contribution in [-0.2, 0) is 0 Å². The van der Waals surface area contributed by atoms with Crippen molar-refractivity contribution in [2.24, 2.45) is 0 Å². The van der Waals surface area contributed by atoms with E-state index in [9.17, 15) is 0 Å². The van der Waals surface area contributed by atoms with Gasteiger partial charge in [0, 0.05) is 17.6 Å². The Labute approximate surface area is 149 Å². The minimum Gasteiger partial charge on any atom is -0.306 e. The first-order chi connectivity index (χ1) is 11.4. The Morgan fingerprint density at radius 2 is 1.54 bits per heavy atom. The topological polar surface area (TPSA) is 6.48 Å². The summed E-state index contributed by atoms with van der Waals surface area (Å²) in [7, 11) is 4.47. The maximum absolute atomic E-state index is 2.73. The van der Waals surface area contributed by atoms with Gasteiger partial charge in [-0.3, -0.25) is 4.90 Å². The molecule has 1 aromatic rings. The fourth-order valence-electron chi connectivity index (χ4n) is 4.98. The summed E-state index contributed by atoms with van der Waals surface area (Å²) in [6.07, 6.45) is 8.05. The first-order valence-electron chi connectivity index (χ1n) is 9.90. The van der Waals surface area contributed by atoms with Crippen molar-refractivity contribution >= 4 is 0 Å². The van der Waals surface area contributed by atoms with Crippen LogP contribution in [0.4, 0.5) is 0 Å². The highest BCUT2D eigenvalue weighted by molar-refractivity contribution is 5.34. The van der Waals surface area contributed by atoms with E-state index in [2.05, 4.69) is 68.9 Å². The summed E-state index contributed by atoms with van der Waals surface area (Å²) in [4.78, 5) is 5.15. The predicted octanol–water partition coefficient (Wildman–Crippen LogP) is 5.21. The zero-order valence-corrected chi connectivity index (χ0v) is 16.4. The highest BCUT2D eigenvalue weighted by Gasteiger charge is 2.36. The van der Waals surface area contributed by atoms with Crippen LogP contribution >= 0.6 is 0 Å². The lowest BCUT2D eigenvalue weighted by molar-refractivity contribution is 0.120. The Hall–Kier alpha value is -0.860. The molecule has 1 aliphatic heterocycles. The summed E-state index contributed by atoms with van der Waals surface area (Å²) in [5.41, 5.74) is 3.53. The summed E-state index contributed by atoms with van der Waals surface area (Å²) in [5.74, 6) is 0.764. The fourth-order valence-corrected chi connectivity index (χ4v) is 4.98. The third kappa shape index (κ3) is 3.70. The molecule has 3 rings (SSSR count). The summed E-state index contributed by atoms with van der Waals surface area (Å²) < 4.78 is 0. The first kappa shape index (κ1) is 17.9. The first-order valence-corrected chi connectivity index (χ1v) is 9.90. The second-order valence-electron chi connectivity index (χ2n) is 9.12. The van der Waals surface area contributed by atoms with Gasteiger partial charge in [-0.1, -0.05) is 24.3 Å². The van der Waals surface area contributed by atoms with Crippen LogP contribution in [0.25, 0.3) is 0 Å². The van der Waals surface area contributed by atoms with E-state index in [0.29, 0.717) is 6.04 Å². The van der Waals surface area contributed by atoms with Gasteiger partial charge in [-0.25, -0.2) is 0 Å². The molecule has 1 aliphatic carbocycles. The quantitative estimate of drug-likeness (QED) is 0.751.